The van der Waals surface area contributed by atoms with Gasteiger partial charge in [0.1, 0.15) is 23.3 Å². The molecule has 3 heterocycles. The van der Waals surface area contributed by atoms with Crippen molar-refractivity contribution in [2.75, 3.05) is 0 Å². The number of carbonyl (C=O) groups is 2. The van der Waals surface area contributed by atoms with Gasteiger partial charge in [0.05, 0.1) is 28.0 Å². The van der Waals surface area contributed by atoms with E-state index in [1.54, 1.807) is 24.5 Å². The first-order chi connectivity index (χ1) is 21.8. The third-order valence-corrected chi connectivity index (χ3v) is 12.4. The van der Waals surface area contributed by atoms with Crippen molar-refractivity contribution >= 4 is 22.8 Å². The van der Waals surface area contributed by atoms with E-state index in [9.17, 15) is 9.59 Å². The average molecular weight is 601 g/mol. The summed E-state index contributed by atoms with van der Waals surface area (Å²) in [6.07, 6.45) is 12.6. The molecule has 0 spiro atoms. The molecule has 4 fully saturated rings. The predicted octanol–water partition coefficient (Wildman–Crippen LogP) is 7.89. The minimum atomic E-state index is -0.289. The highest BCUT2D eigenvalue weighted by Crippen LogP contribution is 2.66. The lowest BCUT2D eigenvalue weighted by Gasteiger charge is -2.60. The third kappa shape index (κ3) is 4.69. The molecule has 7 nitrogen and oxygen atoms in total. The number of rotatable bonds is 4. The summed E-state index contributed by atoms with van der Waals surface area (Å²) in [5, 5.41) is 0. The fourth-order valence-electron chi connectivity index (χ4n) is 9.93. The Kier molecular flexibility index (Phi) is 6.84. The number of pyridine rings is 2. The summed E-state index contributed by atoms with van der Waals surface area (Å²) in [5.41, 5.74) is 4.77. The van der Waals surface area contributed by atoms with E-state index in [4.69, 9.17) is 14.7 Å². The maximum Gasteiger partial charge on any atom is 0.338 e. The van der Waals surface area contributed by atoms with Gasteiger partial charge < -0.3 is 4.74 Å². The molecule has 3 aromatic heterocycles. The van der Waals surface area contributed by atoms with Crippen molar-refractivity contribution in [3.63, 3.8) is 0 Å². The standard InChI is InChI=1S/C38H40N4O3/c1-37-17-15-25(43)22-24(37)10-11-26-27-12-14-33(38(27,2)18-16-28(26)37)45-36(44)23-9-13-29-32(21-23)42-35(31-8-4-6-20-40-31)34(41-29)30-7-3-5-19-39-30/h3-9,13,19-21,24,26-28,33H,10-12,14-18,22H2,1-2H3/t24-,26-,27-,28-,33-,37-,38-/m0/s1. The summed E-state index contributed by atoms with van der Waals surface area (Å²) < 4.78 is 6.40. The average Bonchev–Trinajstić information content (AvgIpc) is 3.40. The van der Waals surface area contributed by atoms with Crippen molar-refractivity contribution in [1.82, 2.24) is 19.9 Å². The smallest absolute Gasteiger partial charge is 0.338 e. The van der Waals surface area contributed by atoms with E-state index in [1.165, 1.54) is 19.3 Å². The minimum absolute atomic E-state index is 0.00903. The van der Waals surface area contributed by atoms with E-state index in [0.717, 1.165) is 38.5 Å². The lowest BCUT2D eigenvalue weighted by atomic mass is 9.45. The molecule has 0 N–H and O–H groups in total. The molecule has 0 unspecified atom stereocenters. The quantitative estimate of drug-likeness (QED) is 0.220. The van der Waals surface area contributed by atoms with Crippen LogP contribution in [0.15, 0.2) is 67.0 Å². The number of hydrogen-bond acceptors (Lipinski definition) is 7. The van der Waals surface area contributed by atoms with Crippen LogP contribution >= 0.6 is 0 Å². The first-order valence-corrected chi connectivity index (χ1v) is 16.7. The molecule has 1 aromatic carbocycles. The second-order valence-electron chi connectivity index (χ2n) is 14.5. The van der Waals surface area contributed by atoms with Gasteiger partial charge in [0, 0.05) is 30.7 Å². The highest BCUT2D eigenvalue weighted by atomic mass is 16.5. The Hall–Kier alpha value is -4.00. The lowest BCUT2D eigenvalue weighted by Crippen LogP contribution is -2.54. The second-order valence-corrected chi connectivity index (χ2v) is 14.5. The predicted molar refractivity (Wildman–Crippen MR) is 172 cm³/mol. The van der Waals surface area contributed by atoms with Crippen LogP contribution in [0.3, 0.4) is 0 Å². The molecular weight excluding hydrogens is 560 g/mol. The summed E-state index contributed by atoms with van der Waals surface area (Å²) in [6, 6.07) is 16.9. The van der Waals surface area contributed by atoms with Crippen LogP contribution in [-0.2, 0) is 9.53 Å². The van der Waals surface area contributed by atoms with Crippen molar-refractivity contribution < 1.29 is 14.3 Å². The number of ketones is 1. The number of benzene rings is 1. The number of ether oxygens (including phenoxy) is 1. The lowest BCUT2D eigenvalue weighted by molar-refractivity contribution is -0.142. The monoisotopic (exact) mass is 600 g/mol. The normalized spacial score (nSPS) is 32.4. The molecule has 8 rings (SSSR count). The molecule has 4 saturated carbocycles. The van der Waals surface area contributed by atoms with Gasteiger partial charge in [0.25, 0.3) is 0 Å². The number of esters is 1. The largest absolute Gasteiger partial charge is 0.458 e. The summed E-state index contributed by atoms with van der Waals surface area (Å²) >= 11 is 0. The minimum Gasteiger partial charge on any atom is -0.458 e. The van der Waals surface area contributed by atoms with Crippen molar-refractivity contribution in [2.45, 2.75) is 77.7 Å². The van der Waals surface area contributed by atoms with Gasteiger partial charge in [-0.25, -0.2) is 14.8 Å². The van der Waals surface area contributed by atoms with Crippen LogP contribution in [0.1, 0.15) is 82.0 Å². The summed E-state index contributed by atoms with van der Waals surface area (Å²) in [5.74, 6) is 2.64. The molecule has 0 bridgehead atoms. The van der Waals surface area contributed by atoms with Gasteiger partial charge in [0.2, 0.25) is 0 Å². The molecule has 4 aromatic rings. The highest BCUT2D eigenvalue weighted by molar-refractivity contribution is 5.94. The maximum absolute atomic E-state index is 13.7. The van der Waals surface area contributed by atoms with Gasteiger partial charge in [-0.3, -0.25) is 14.8 Å². The fourth-order valence-corrected chi connectivity index (χ4v) is 9.93. The molecule has 0 saturated heterocycles. The Labute approximate surface area is 264 Å². The van der Waals surface area contributed by atoms with E-state index in [0.29, 0.717) is 68.8 Å². The zero-order chi connectivity index (χ0) is 30.8. The van der Waals surface area contributed by atoms with Crippen LogP contribution in [-0.4, -0.2) is 37.8 Å². The number of fused-ring (bicyclic) bond motifs is 6. The number of aromatic nitrogens is 4. The number of Topliss-reactive ketones (excluding diaryl/α,β-unsaturated/α-hetero) is 1. The van der Waals surface area contributed by atoms with Crippen LogP contribution in [0.25, 0.3) is 33.8 Å². The van der Waals surface area contributed by atoms with E-state index in [-0.39, 0.29) is 22.9 Å². The molecule has 0 aliphatic heterocycles. The van der Waals surface area contributed by atoms with Crippen LogP contribution in [0.4, 0.5) is 0 Å². The van der Waals surface area contributed by atoms with Crippen molar-refractivity contribution in [3.05, 3.63) is 72.6 Å². The zero-order valence-electron chi connectivity index (χ0n) is 26.1. The molecule has 7 heteroatoms. The van der Waals surface area contributed by atoms with Crippen molar-refractivity contribution in [3.8, 4) is 22.8 Å². The molecule has 230 valence electrons. The molecule has 0 radical (unpaired) electrons. The van der Waals surface area contributed by atoms with Gasteiger partial charge in [-0.05, 0) is 116 Å². The second kappa shape index (κ2) is 10.8. The molecule has 45 heavy (non-hydrogen) atoms. The SMILES string of the molecule is C[C@]12CCC(=O)C[C@@H]1CC[C@@H]1[C@@H]2CC[C@]2(C)[C@@H](OC(=O)c3ccc4nc(-c5ccccn5)c(-c5ccccn5)nc4c3)CC[C@@H]12. The van der Waals surface area contributed by atoms with Gasteiger partial charge in [-0.1, -0.05) is 26.0 Å². The number of nitrogens with zero attached hydrogens (tertiary/aromatic N) is 4. The Bertz CT molecular complexity index is 1780. The van der Waals surface area contributed by atoms with Crippen molar-refractivity contribution in [2.24, 2.45) is 34.5 Å². The fraction of sp³-hybridized carbons (Fsp3) is 0.474. The van der Waals surface area contributed by atoms with Crippen LogP contribution in [0, 0.1) is 34.5 Å². The Morgan fingerprint density at radius 3 is 2.20 bits per heavy atom. The van der Waals surface area contributed by atoms with Gasteiger partial charge >= 0.3 is 5.97 Å². The number of carbonyl (C=O) groups excluding carboxylic acids is 2. The Morgan fingerprint density at radius 1 is 0.778 bits per heavy atom. The highest BCUT2D eigenvalue weighted by Gasteiger charge is 2.61. The van der Waals surface area contributed by atoms with Crippen LogP contribution in [0.2, 0.25) is 0 Å². The zero-order valence-corrected chi connectivity index (χ0v) is 26.1. The summed E-state index contributed by atoms with van der Waals surface area (Å²) in [7, 11) is 0. The van der Waals surface area contributed by atoms with Gasteiger partial charge in [-0.2, -0.15) is 0 Å². The van der Waals surface area contributed by atoms with Crippen LogP contribution in [0.5, 0.6) is 0 Å². The van der Waals surface area contributed by atoms with E-state index >= 15 is 0 Å². The van der Waals surface area contributed by atoms with Crippen molar-refractivity contribution in [1.29, 1.82) is 0 Å². The van der Waals surface area contributed by atoms with Gasteiger partial charge in [0.15, 0.2) is 0 Å². The van der Waals surface area contributed by atoms with Gasteiger partial charge in [-0.15, -0.1) is 0 Å². The summed E-state index contributed by atoms with van der Waals surface area (Å²) in [6.45, 7) is 4.86. The first kappa shape index (κ1) is 28.5. The van der Waals surface area contributed by atoms with E-state index < -0.39 is 0 Å². The Morgan fingerprint density at radius 2 is 1.49 bits per heavy atom. The molecule has 4 aliphatic rings. The number of hydrogen-bond donors (Lipinski definition) is 0. The molecule has 4 aliphatic carbocycles. The van der Waals surface area contributed by atoms with E-state index in [2.05, 4.69) is 23.8 Å². The molecular formula is C38H40N4O3. The van der Waals surface area contributed by atoms with Crippen LogP contribution < -0.4 is 0 Å². The molecule has 0 amide bonds. The summed E-state index contributed by atoms with van der Waals surface area (Å²) in [4.78, 5) is 45.0. The molecule has 7 atom stereocenters. The first-order valence-electron chi connectivity index (χ1n) is 16.7. The third-order valence-electron chi connectivity index (χ3n) is 12.4. The Balaban J connectivity index is 1.05. The topological polar surface area (TPSA) is 94.9 Å². The maximum atomic E-state index is 13.7. The van der Waals surface area contributed by atoms with E-state index in [1.807, 2.05) is 42.5 Å².